The van der Waals surface area contributed by atoms with E-state index in [0.717, 1.165) is 17.2 Å². The quantitative estimate of drug-likeness (QED) is 0.563. The third kappa shape index (κ3) is 2.95. The van der Waals surface area contributed by atoms with Gasteiger partial charge in [0.2, 0.25) is 0 Å². The fourth-order valence-electron chi connectivity index (χ4n) is 2.56. The zero-order chi connectivity index (χ0) is 17.3. The summed E-state index contributed by atoms with van der Waals surface area (Å²) in [6.45, 7) is -0.00673. The molecular weight excluding hydrogens is 358 g/mol. The predicted octanol–water partition coefficient (Wildman–Crippen LogP) is 3.01. The van der Waals surface area contributed by atoms with Crippen molar-refractivity contribution in [2.75, 3.05) is 6.54 Å². The zero-order valence-corrected chi connectivity index (χ0v) is 14.5. The van der Waals surface area contributed by atoms with E-state index in [-0.39, 0.29) is 12.5 Å². The average Bonchev–Trinajstić information content (AvgIpc) is 3.40. The van der Waals surface area contributed by atoms with Gasteiger partial charge in [-0.1, -0.05) is 6.07 Å². The molecule has 0 aliphatic rings. The van der Waals surface area contributed by atoms with Crippen LogP contribution in [0.4, 0.5) is 0 Å². The van der Waals surface area contributed by atoms with Gasteiger partial charge < -0.3 is 14.8 Å². The van der Waals surface area contributed by atoms with E-state index < -0.39 is 5.60 Å². The van der Waals surface area contributed by atoms with Crippen molar-refractivity contribution in [1.29, 1.82) is 0 Å². The molecule has 0 fully saturated rings. The van der Waals surface area contributed by atoms with Crippen LogP contribution in [0, 0.1) is 0 Å². The monoisotopic (exact) mass is 371 g/mol. The molecule has 1 amide bonds. The third-order valence-electron chi connectivity index (χ3n) is 3.88. The van der Waals surface area contributed by atoms with E-state index in [1.807, 2.05) is 17.5 Å². The fraction of sp³-hybridized carbons (Fsp3) is 0.118. The lowest BCUT2D eigenvalue weighted by atomic mass is 9.98. The van der Waals surface area contributed by atoms with Crippen LogP contribution in [-0.4, -0.2) is 26.3 Å². The number of thiophene rings is 1. The van der Waals surface area contributed by atoms with Crippen LogP contribution >= 0.6 is 23.1 Å². The average molecular weight is 371 g/mol. The van der Waals surface area contributed by atoms with Crippen LogP contribution in [0.25, 0.3) is 11.0 Å². The van der Waals surface area contributed by atoms with Crippen molar-refractivity contribution in [2.24, 2.45) is 0 Å². The molecule has 0 bridgehead atoms. The lowest BCUT2D eigenvalue weighted by Gasteiger charge is -2.25. The second kappa shape index (κ2) is 6.40. The molecule has 126 valence electrons. The molecule has 3 heterocycles. The largest absolute Gasteiger partial charge is 0.466 e. The second-order valence-corrected chi connectivity index (χ2v) is 6.94. The summed E-state index contributed by atoms with van der Waals surface area (Å²) in [6, 6.07) is 12.2. The van der Waals surface area contributed by atoms with E-state index in [2.05, 4.69) is 14.1 Å². The molecule has 0 saturated heterocycles. The minimum Gasteiger partial charge on any atom is -0.466 e. The molecule has 0 unspecified atom stereocenters. The summed E-state index contributed by atoms with van der Waals surface area (Å²) < 4.78 is 13.7. The van der Waals surface area contributed by atoms with Gasteiger partial charge in [0.15, 0.2) is 5.60 Å². The highest BCUT2D eigenvalue weighted by Gasteiger charge is 2.36. The number of nitrogens with zero attached hydrogens (tertiary/aromatic N) is 2. The Morgan fingerprint density at radius 1 is 1.20 bits per heavy atom. The summed E-state index contributed by atoms with van der Waals surface area (Å²) >= 11 is 2.51. The second-order valence-electron chi connectivity index (χ2n) is 5.47. The summed E-state index contributed by atoms with van der Waals surface area (Å²) in [5.41, 5.74) is 0.484. The molecule has 0 aliphatic heterocycles. The summed E-state index contributed by atoms with van der Waals surface area (Å²) in [7, 11) is 0. The van der Waals surface area contributed by atoms with Crippen molar-refractivity contribution in [1.82, 2.24) is 14.1 Å². The summed E-state index contributed by atoms with van der Waals surface area (Å²) in [5.74, 6) is 0.0887. The summed E-state index contributed by atoms with van der Waals surface area (Å²) in [4.78, 5) is 13.2. The molecule has 0 radical (unpaired) electrons. The van der Waals surface area contributed by atoms with E-state index >= 15 is 0 Å². The van der Waals surface area contributed by atoms with Crippen LogP contribution in [-0.2, 0) is 5.60 Å². The Hall–Kier alpha value is -2.55. The van der Waals surface area contributed by atoms with Crippen LogP contribution in [0.3, 0.4) is 0 Å². The van der Waals surface area contributed by atoms with Gasteiger partial charge in [-0.3, -0.25) is 4.79 Å². The maximum absolute atomic E-state index is 12.5. The highest BCUT2D eigenvalue weighted by molar-refractivity contribution is 7.10. The number of carbonyl (C=O) groups is 1. The van der Waals surface area contributed by atoms with Crippen molar-refractivity contribution >= 4 is 40.0 Å². The first-order valence-corrected chi connectivity index (χ1v) is 9.09. The molecule has 4 rings (SSSR count). The molecule has 6 nitrogen and oxygen atoms in total. The topological polar surface area (TPSA) is 88.2 Å². The number of amides is 1. The zero-order valence-electron chi connectivity index (χ0n) is 12.9. The molecule has 3 aromatic heterocycles. The van der Waals surface area contributed by atoms with Gasteiger partial charge in [0.05, 0.1) is 24.5 Å². The summed E-state index contributed by atoms with van der Waals surface area (Å²) in [5, 5.41) is 15.8. The molecular formula is C17H13N3O3S2. The van der Waals surface area contributed by atoms with Gasteiger partial charge in [0, 0.05) is 10.4 Å². The molecule has 25 heavy (non-hydrogen) atoms. The van der Waals surface area contributed by atoms with E-state index in [9.17, 15) is 9.90 Å². The number of hydrogen-bond acceptors (Lipinski definition) is 7. The standard InChI is InChI=1S/C17H13N3O3S2/c21-16(11-5-6-12-13(9-11)20-25-19-12)18-10-17(22,14-3-1-7-23-14)15-4-2-8-24-15/h1-9,22H,10H2,(H,18,21)/t17-/m0/s1. The van der Waals surface area contributed by atoms with Gasteiger partial charge in [-0.25, -0.2) is 0 Å². The SMILES string of the molecule is O=C(NC[C@](O)(c1ccco1)c1cccs1)c1ccc2nsnc2c1. The predicted molar refractivity (Wildman–Crippen MR) is 95.8 cm³/mol. The van der Waals surface area contributed by atoms with Crippen LogP contribution in [0.15, 0.2) is 58.5 Å². The Morgan fingerprint density at radius 2 is 2.08 bits per heavy atom. The Kier molecular flexibility index (Phi) is 4.08. The molecule has 1 atom stereocenters. The summed E-state index contributed by atoms with van der Waals surface area (Å²) in [6.07, 6.45) is 1.50. The Morgan fingerprint density at radius 3 is 2.84 bits per heavy atom. The molecule has 0 saturated carbocycles. The minimum absolute atomic E-state index is 0.00673. The van der Waals surface area contributed by atoms with E-state index in [1.165, 1.54) is 17.6 Å². The van der Waals surface area contributed by atoms with Crippen molar-refractivity contribution in [3.05, 3.63) is 70.3 Å². The van der Waals surface area contributed by atoms with Gasteiger partial charge >= 0.3 is 0 Å². The number of aromatic nitrogens is 2. The Bertz CT molecular complexity index is 959. The number of carbonyl (C=O) groups excluding carboxylic acids is 1. The first-order valence-electron chi connectivity index (χ1n) is 7.48. The molecule has 0 aliphatic carbocycles. The highest BCUT2D eigenvalue weighted by Crippen LogP contribution is 2.32. The highest BCUT2D eigenvalue weighted by atomic mass is 32.1. The van der Waals surface area contributed by atoms with Crippen LogP contribution < -0.4 is 5.32 Å². The Balaban J connectivity index is 1.58. The first kappa shape index (κ1) is 15.9. The number of aliphatic hydroxyl groups is 1. The maximum Gasteiger partial charge on any atom is 0.251 e. The number of hydrogen-bond donors (Lipinski definition) is 2. The van der Waals surface area contributed by atoms with Gasteiger partial charge in [-0.15, -0.1) is 11.3 Å². The van der Waals surface area contributed by atoms with Gasteiger partial charge in [-0.2, -0.15) is 8.75 Å². The lowest BCUT2D eigenvalue weighted by molar-refractivity contribution is 0.0554. The number of furan rings is 1. The smallest absolute Gasteiger partial charge is 0.251 e. The minimum atomic E-state index is -1.42. The van der Waals surface area contributed by atoms with E-state index in [1.54, 1.807) is 30.3 Å². The fourth-order valence-corrected chi connectivity index (χ4v) is 3.90. The van der Waals surface area contributed by atoms with Crippen LogP contribution in [0.2, 0.25) is 0 Å². The van der Waals surface area contributed by atoms with Crippen LogP contribution in [0.1, 0.15) is 21.0 Å². The van der Waals surface area contributed by atoms with Crippen molar-refractivity contribution in [2.45, 2.75) is 5.60 Å². The van der Waals surface area contributed by atoms with E-state index in [4.69, 9.17) is 4.42 Å². The maximum atomic E-state index is 12.5. The number of benzene rings is 1. The molecule has 1 aromatic carbocycles. The van der Waals surface area contributed by atoms with Crippen LogP contribution in [0.5, 0.6) is 0 Å². The Labute approximate surface area is 151 Å². The number of fused-ring (bicyclic) bond motifs is 1. The lowest BCUT2D eigenvalue weighted by Crippen LogP contribution is -2.41. The van der Waals surface area contributed by atoms with Gasteiger partial charge in [0.1, 0.15) is 16.8 Å². The van der Waals surface area contributed by atoms with Crippen molar-refractivity contribution < 1.29 is 14.3 Å². The molecule has 2 N–H and O–H groups in total. The first-order chi connectivity index (χ1) is 12.2. The van der Waals surface area contributed by atoms with Crippen molar-refractivity contribution in [3.8, 4) is 0 Å². The molecule has 8 heteroatoms. The van der Waals surface area contributed by atoms with Crippen molar-refractivity contribution in [3.63, 3.8) is 0 Å². The van der Waals surface area contributed by atoms with Gasteiger partial charge in [-0.05, 0) is 41.8 Å². The third-order valence-corrected chi connectivity index (χ3v) is 5.46. The molecule has 0 spiro atoms. The normalized spacial score (nSPS) is 13.6. The number of nitrogens with one attached hydrogen (secondary N) is 1. The number of rotatable bonds is 5. The van der Waals surface area contributed by atoms with Gasteiger partial charge in [0.25, 0.3) is 5.91 Å². The molecule has 4 aromatic rings. The van der Waals surface area contributed by atoms with E-state index in [0.29, 0.717) is 21.7 Å².